The predicted octanol–water partition coefficient (Wildman–Crippen LogP) is -0.820. The number of nitrogens with one attached hydrogen (secondary N) is 2. The van der Waals surface area contributed by atoms with E-state index in [1.54, 1.807) is 0 Å². The van der Waals surface area contributed by atoms with Gasteiger partial charge in [-0.2, -0.15) is 0 Å². The Morgan fingerprint density at radius 3 is 2.55 bits per heavy atom. The summed E-state index contributed by atoms with van der Waals surface area (Å²) < 4.78 is 0. The van der Waals surface area contributed by atoms with Crippen molar-refractivity contribution >= 4 is 5.91 Å². The number of aliphatic hydroxyl groups is 3. The maximum Gasteiger partial charge on any atom is 0.216 e. The van der Waals surface area contributed by atoms with Crippen LogP contribution in [-0.4, -0.2) is 58.2 Å². The SMILES string of the molecule is CC(=O)NC[C@@]1(CCc2ccccc2)N[C@H](CO)[C@@H](O)[C@@H]1O. The standard InChI is InChI=1S/C16H24N2O4/c1-11(20)17-10-16(8-7-12-5-3-2-4-6-12)15(22)14(21)13(9-19)18-16/h2-6,13-15,18-19,21-22H,7-10H2,1H3,(H,17,20)/t13-,14-,15+,16-/m1/s1. The van der Waals surface area contributed by atoms with E-state index in [0.29, 0.717) is 12.8 Å². The summed E-state index contributed by atoms with van der Waals surface area (Å²) in [6.45, 7) is 1.33. The zero-order chi connectivity index (χ0) is 16.2. The summed E-state index contributed by atoms with van der Waals surface area (Å²) in [5, 5.41) is 35.6. The Hall–Kier alpha value is -1.47. The van der Waals surface area contributed by atoms with Crippen LogP contribution in [0, 0.1) is 0 Å². The summed E-state index contributed by atoms with van der Waals surface area (Å²) in [5.41, 5.74) is 0.259. The lowest BCUT2D eigenvalue weighted by atomic mass is 9.86. The number of aliphatic hydroxyl groups excluding tert-OH is 3. The first kappa shape index (κ1) is 16.9. The van der Waals surface area contributed by atoms with Gasteiger partial charge in [-0.05, 0) is 18.4 Å². The number of carbonyl (C=O) groups excluding carboxylic acids is 1. The van der Waals surface area contributed by atoms with Gasteiger partial charge in [0.2, 0.25) is 5.91 Å². The maximum absolute atomic E-state index is 11.2. The van der Waals surface area contributed by atoms with Crippen LogP contribution in [-0.2, 0) is 11.2 Å². The van der Waals surface area contributed by atoms with Crippen molar-refractivity contribution in [2.45, 2.75) is 43.6 Å². The van der Waals surface area contributed by atoms with E-state index < -0.39 is 23.8 Å². The number of carbonyl (C=O) groups is 1. The molecule has 1 fully saturated rings. The van der Waals surface area contributed by atoms with Gasteiger partial charge in [-0.3, -0.25) is 10.1 Å². The van der Waals surface area contributed by atoms with Crippen LogP contribution in [0.3, 0.4) is 0 Å². The molecular formula is C16H24N2O4. The third-order valence-corrected chi connectivity index (χ3v) is 4.33. The average molecular weight is 308 g/mol. The Balaban J connectivity index is 2.13. The number of hydrogen-bond acceptors (Lipinski definition) is 5. The minimum Gasteiger partial charge on any atom is -0.395 e. The molecule has 6 heteroatoms. The van der Waals surface area contributed by atoms with E-state index in [2.05, 4.69) is 10.6 Å². The number of benzene rings is 1. The van der Waals surface area contributed by atoms with Crippen molar-refractivity contribution < 1.29 is 20.1 Å². The molecule has 4 atom stereocenters. The Morgan fingerprint density at radius 2 is 2.00 bits per heavy atom. The van der Waals surface area contributed by atoms with Crippen LogP contribution in [0.1, 0.15) is 18.9 Å². The molecule has 0 spiro atoms. The molecule has 1 heterocycles. The van der Waals surface area contributed by atoms with E-state index in [9.17, 15) is 20.1 Å². The molecule has 0 unspecified atom stereocenters. The van der Waals surface area contributed by atoms with Crippen LogP contribution in [0.5, 0.6) is 0 Å². The summed E-state index contributed by atoms with van der Waals surface area (Å²) in [6.07, 6.45) is -0.892. The molecule has 5 N–H and O–H groups in total. The maximum atomic E-state index is 11.2. The van der Waals surface area contributed by atoms with Gasteiger partial charge >= 0.3 is 0 Å². The topological polar surface area (TPSA) is 102 Å². The fourth-order valence-electron chi connectivity index (χ4n) is 3.00. The first-order valence-electron chi connectivity index (χ1n) is 7.51. The zero-order valence-corrected chi connectivity index (χ0v) is 12.7. The molecule has 0 aliphatic carbocycles. The molecule has 1 aromatic carbocycles. The van der Waals surface area contributed by atoms with Gasteiger partial charge in [0.05, 0.1) is 24.3 Å². The van der Waals surface area contributed by atoms with Gasteiger partial charge in [0.15, 0.2) is 0 Å². The normalized spacial score (nSPS) is 31.2. The highest BCUT2D eigenvalue weighted by molar-refractivity contribution is 5.72. The Morgan fingerprint density at radius 1 is 1.32 bits per heavy atom. The number of hydrogen-bond donors (Lipinski definition) is 5. The van der Waals surface area contributed by atoms with Crippen LogP contribution in [0.25, 0.3) is 0 Å². The third kappa shape index (κ3) is 3.64. The highest BCUT2D eigenvalue weighted by Gasteiger charge is 2.51. The lowest BCUT2D eigenvalue weighted by Gasteiger charge is -2.34. The van der Waals surface area contributed by atoms with Crippen LogP contribution < -0.4 is 10.6 Å². The molecule has 22 heavy (non-hydrogen) atoms. The largest absolute Gasteiger partial charge is 0.395 e. The highest BCUT2D eigenvalue weighted by Crippen LogP contribution is 2.29. The fraction of sp³-hybridized carbons (Fsp3) is 0.562. The van der Waals surface area contributed by atoms with Gasteiger partial charge in [-0.15, -0.1) is 0 Å². The monoisotopic (exact) mass is 308 g/mol. The van der Waals surface area contributed by atoms with Gasteiger partial charge in [0.25, 0.3) is 0 Å². The van der Waals surface area contributed by atoms with Crippen molar-refractivity contribution in [3.05, 3.63) is 35.9 Å². The summed E-state index contributed by atoms with van der Waals surface area (Å²) in [7, 11) is 0. The van der Waals surface area contributed by atoms with Crippen molar-refractivity contribution in [2.24, 2.45) is 0 Å². The number of amides is 1. The summed E-state index contributed by atoms with van der Waals surface area (Å²) in [6, 6.07) is 9.21. The van der Waals surface area contributed by atoms with E-state index in [1.807, 2.05) is 30.3 Å². The van der Waals surface area contributed by atoms with Crippen LogP contribution in [0.15, 0.2) is 30.3 Å². The second kappa shape index (κ2) is 7.19. The van der Waals surface area contributed by atoms with Crippen LogP contribution in [0.2, 0.25) is 0 Å². The molecule has 0 saturated carbocycles. The van der Waals surface area contributed by atoms with E-state index in [1.165, 1.54) is 6.92 Å². The average Bonchev–Trinajstić information content (AvgIpc) is 2.77. The summed E-state index contributed by atoms with van der Waals surface area (Å²) >= 11 is 0. The molecule has 1 saturated heterocycles. The molecule has 1 aliphatic heterocycles. The summed E-state index contributed by atoms with van der Waals surface area (Å²) in [4.78, 5) is 11.2. The Kier molecular flexibility index (Phi) is 5.52. The molecule has 122 valence electrons. The van der Waals surface area contributed by atoms with Gasteiger partial charge in [0.1, 0.15) is 6.10 Å². The lowest BCUT2D eigenvalue weighted by Crippen LogP contribution is -2.57. The van der Waals surface area contributed by atoms with Gasteiger partial charge in [-0.25, -0.2) is 0 Å². The number of rotatable bonds is 6. The molecule has 1 aromatic rings. The van der Waals surface area contributed by atoms with Crippen molar-refractivity contribution in [3.8, 4) is 0 Å². The first-order valence-corrected chi connectivity index (χ1v) is 7.51. The predicted molar refractivity (Wildman–Crippen MR) is 82.2 cm³/mol. The van der Waals surface area contributed by atoms with E-state index in [0.717, 1.165) is 5.56 Å². The van der Waals surface area contributed by atoms with Crippen molar-refractivity contribution in [3.63, 3.8) is 0 Å². The van der Waals surface area contributed by atoms with Gasteiger partial charge < -0.3 is 20.6 Å². The van der Waals surface area contributed by atoms with Crippen molar-refractivity contribution in [1.29, 1.82) is 0 Å². The third-order valence-electron chi connectivity index (χ3n) is 4.33. The molecular weight excluding hydrogens is 284 g/mol. The van der Waals surface area contributed by atoms with E-state index in [4.69, 9.17) is 0 Å². The minimum atomic E-state index is -1.06. The molecule has 1 amide bonds. The highest BCUT2D eigenvalue weighted by atomic mass is 16.3. The molecule has 6 nitrogen and oxygen atoms in total. The second-order valence-corrected chi connectivity index (χ2v) is 5.92. The molecule has 0 radical (unpaired) electrons. The second-order valence-electron chi connectivity index (χ2n) is 5.92. The first-order chi connectivity index (χ1) is 10.5. The van der Waals surface area contributed by atoms with Gasteiger partial charge in [-0.1, -0.05) is 30.3 Å². The quantitative estimate of drug-likeness (QED) is 0.473. The van der Waals surface area contributed by atoms with Crippen LogP contribution in [0.4, 0.5) is 0 Å². The van der Waals surface area contributed by atoms with Crippen molar-refractivity contribution in [1.82, 2.24) is 10.6 Å². The minimum absolute atomic E-state index is 0.198. The van der Waals surface area contributed by atoms with Crippen LogP contribution >= 0.6 is 0 Å². The zero-order valence-electron chi connectivity index (χ0n) is 12.7. The molecule has 0 bridgehead atoms. The van der Waals surface area contributed by atoms with Gasteiger partial charge in [0, 0.05) is 13.5 Å². The molecule has 0 aromatic heterocycles. The fourth-order valence-corrected chi connectivity index (χ4v) is 3.00. The van der Waals surface area contributed by atoms with E-state index >= 15 is 0 Å². The smallest absolute Gasteiger partial charge is 0.216 e. The lowest BCUT2D eigenvalue weighted by molar-refractivity contribution is -0.119. The molecule has 2 rings (SSSR count). The number of aryl methyl sites for hydroxylation is 1. The summed E-state index contributed by atoms with van der Waals surface area (Å²) in [5.74, 6) is -0.199. The Labute approximate surface area is 130 Å². The molecule has 1 aliphatic rings. The Bertz CT molecular complexity index is 496. The van der Waals surface area contributed by atoms with Crippen molar-refractivity contribution in [2.75, 3.05) is 13.2 Å². The van der Waals surface area contributed by atoms with E-state index in [-0.39, 0.29) is 19.1 Å².